The Labute approximate surface area is 142 Å². The predicted octanol–water partition coefficient (Wildman–Crippen LogP) is -1.59. The Morgan fingerprint density at radius 1 is 1.41 bits per heavy atom. The topological polar surface area (TPSA) is 76.2 Å². The monoisotopic (exact) mass is 259 g/mol. The van der Waals surface area contributed by atoms with Crippen LogP contribution >= 0.6 is 0 Å². The summed E-state index contributed by atoms with van der Waals surface area (Å²) in [6.07, 6.45) is 2.44. The number of fused-ring (bicyclic) bond motifs is 1. The molecule has 0 unspecified atom stereocenters. The summed E-state index contributed by atoms with van der Waals surface area (Å²) in [6.45, 7) is 1.80. The summed E-state index contributed by atoms with van der Waals surface area (Å²) in [5.41, 5.74) is 0.972. The van der Waals surface area contributed by atoms with Crippen molar-refractivity contribution in [1.82, 2.24) is 4.98 Å². The Hall–Kier alpha value is -0.334. The number of carboxylic acids is 1. The van der Waals surface area contributed by atoms with Crippen molar-refractivity contribution in [2.45, 2.75) is 19.8 Å². The third-order valence-electron chi connectivity index (χ3n) is 2.02. The van der Waals surface area contributed by atoms with Gasteiger partial charge < -0.3 is 20.0 Å². The zero-order valence-corrected chi connectivity index (χ0v) is 13.2. The number of aromatic nitrogens is 1. The van der Waals surface area contributed by atoms with E-state index in [0.717, 1.165) is 10.9 Å². The van der Waals surface area contributed by atoms with Gasteiger partial charge >= 0.3 is 51.4 Å². The molecule has 2 N–H and O–H groups in total. The van der Waals surface area contributed by atoms with Gasteiger partial charge in [0.15, 0.2) is 0 Å². The first-order valence-electron chi connectivity index (χ1n) is 5.10. The molecule has 1 heterocycles. The minimum atomic E-state index is -0.961. The zero-order chi connectivity index (χ0) is 12.0. The van der Waals surface area contributed by atoms with Gasteiger partial charge in [0, 0.05) is 23.1 Å². The van der Waals surface area contributed by atoms with Crippen molar-refractivity contribution in [3.63, 3.8) is 0 Å². The number of aromatic hydroxyl groups is 1. The minimum Gasteiger partial charge on any atom is -0.550 e. The zero-order valence-electron chi connectivity index (χ0n) is 10.1. The molecule has 0 atom stereocenters. The van der Waals surface area contributed by atoms with Crippen LogP contribution in [0.5, 0.6) is 5.75 Å². The largest absolute Gasteiger partial charge is 1.00 e. The van der Waals surface area contributed by atoms with Crippen molar-refractivity contribution in [3.05, 3.63) is 30.5 Å². The quantitative estimate of drug-likeness (QED) is 0.639. The van der Waals surface area contributed by atoms with Crippen LogP contribution < -0.4 is 56.5 Å². The van der Waals surface area contributed by atoms with Gasteiger partial charge in [-0.1, -0.05) is 25.5 Å². The first kappa shape index (κ1) is 16.7. The molecule has 0 radical (unpaired) electrons. The van der Waals surface area contributed by atoms with Gasteiger partial charge in [-0.25, -0.2) is 0 Å². The molecule has 86 valence electrons. The number of aromatic amines is 1. The van der Waals surface area contributed by atoms with Gasteiger partial charge in [-0.3, -0.25) is 0 Å². The van der Waals surface area contributed by atoms with E-state index in [2.05, 4.69) is 4.98 Å². The van der Waals surface area contributed by atoms with Gasteiger partial charge in [0.1, 0.15) is 5.75 Å². The molecule has 5 heteroatoms. The second kappa shape index (κ2) is 8.71. The van der Waals surface area contributed by atoms with Crippen LogP contribution in [0.25, 0.3) is 10.9 Å². The summed E-state index contributed by atoms with van der Waals surface area (Å²) < 4.78 is 0. The number of carbonyl (C=O) groups excluding carboxylic acids is 1. The maximum absolute atomic E-state index is 9.49. The molecule has 1 aromatic carbocycles. The number of benzene rings is 1. The number of hydrogen-bond donors (Lipinski definition) is 2. The van der Waals surface area contributed by atoms with Crippen molar-refractivity contribution >= 4 is 16.9 Å². The average molecular weight is 259 g/mol. The van der Waals surface area contributed by atoms with E-state index in [-0.39, 0.29) is 57.8 Å². The molecule has 0 bridgehead atoms. The van der Waals surface area contributed by atoms with Gasteiger partial charge in [-0.15, -0.1) is 0 Å². The van der Waals surface area contributed by atoms with Crippen molar-refractivity contribution in [2.24, 2.45) is 0 Å². The fraction of sp³-hybridized carbons (Fsp3) is 0.250. The summed E-state index contributed by atoms with van der Waals surface area (Å²) in [6, 6.07) is 7.63. The van der Waals surface area contributed by atoms with E-state index in [1.165, 1.54) is 0 Å². The van der Waals surface area contributed by atoms with Crippen LogP contribution in [0.15, 0.2) is 30.5 Å². The van der Waals surface area contributed by atoms with Crippen LogP contribution in [0.4, 0.5) is 0 Å². The summed E-state index contributed by atoms with van der Waals surface area (Å²) in [5.74, 6) is -0.645. The van der Waals surface area contributed by atoms with Crippen molar-refractivity contribution in [1.29, 1.82) is 0 Å². The Bertz CT molecular complexity index is 467. The summed E-state index contributed by atoms with van der Waals surface area (Å²) in [4.78, 5) is 12.4. The molecule has 17 heavy (non-hydrogen) atoms. The normalized spacial score (nSPS) is 9.00. The molecule has 2 aromatic rings. The standard InChI is InChI=1S/C8H7NO.C4H8O2.K/c10-8-5-9-7-4-2-1-3-6(7)8;1-2-3-4(5)6;/h1-5,9-10H;2-3H2,1H3,(H,5,6);/q;;+1/p-1. The fourth-order valence-electron chi connectivity index (χ4n) is 1.26. The second-order valence-corrected chi connectivity index (χ2v) is 3.34. The predicted molar refractivity (Wildman–Crippen MR) is 59.9 cm³/mol. The van der Waals surface area contributed by atoms with Crippen molar-refractivity contribution < 1.29 is 66.4 Å². The van der Waals surface area contributed by atoms with Gasteiger partial charge in [-0.05, 0) is 18.6 Å². The molecule has 0 aliphatic rings. The molecule has 0 aliphatic heterocycles. The van der Waals surface area contributed by atoms with Crippen LogP contribution in [0.1, 0.15) is 19.8 Å². The average Bonchev–Trinajstić information content (AvgIpc) is 2.62. The summed E-state index contributed by atoms with van der Waals surface area (Å²) in [7, 11) is 0. The fourth-order valence-corrected chi connectivity index (χ4v) is 1.26. The van der Waals surface area contributed by atoms with Crippen LogP contribution in [-0.4, -0.2) is 16.1 Å². The number of carboxylic acid groups (broad SMARTS) is 1. The third kappa shape index (κ3) is 5.70. The smallest absolute Gasteiger partial charge is 0.550 e. The molecule has 2 rings (SSSR count). The number of hydrogen-bond acceptors (Lipinski definition) is 3. The number of aliphatic carboxylic acids is 1. The van der Waals surface area contributed by atoms with E-state index in [1.807, 2.05) is 24.3 Å². The van der Waals surface area contributed by atoms with E-state index in [1.54, 1.807) is 13.1 Å². The number of H-pyrrole nitrogens is 1. The Kier molecular flexibility index (Phi) is 8.54. The number of rotatable bonds is 2. The van der Waals surface area contributed by atoms with Crippen LogP contribution in [0.3, 0.4) is 0 Å². The number of nitrogens with one attached hydrogen (secondary N) is 1. The van der Waals surface area contributed by atoms with E-state index >= 15 is 0 Å². The van der Waals surface area contributed by atoms with Crippen LogP contribution in [-0.2, 0) is 4.79 Å². The Morgan fingerprint density at radius 3 is 2.53 bits per heavy atom. The molecular weight excluding hydrogens is 245 g/mol. The summed E-state index contributed by atoms with van der Waals surface area (Å²) in [5, 5.41) is 19.5. The molecule has 0 spiro atoms. The number of para-hydroxylation sites is 1. The molecule has 1 aromatic heterocycles. The first-order valence-corrected chi connectivity index (χ1v) is 5.10. The molecule has 0 aliphatic carbocycles. The molecule has 0 fully saturated rings. The van der Waals surface area contributed by atoms with Crippen LogP contribution in [0.2, 0.25) is 0 Å². The third-order valence-corrected chi connectivity index (χ3v) is 2.02. The van der Waals surface area contributed by atoms with E-state index in [9.17, 15) is 15.0 Å². The Morgan fingerprint density at radius 2 is 2.06 bits per heavy atom. The maximum Gasteiger partial charge on any atom is 1.00 e. The van der Waals surface area contributed by atoms with E-state index in [4.69, 9.17) is 0 Å². The van der Waals surface area contributed by atoms with Crippen LogP contribution in [0, 0.1) is 0 Å². The molecule has 0 saturated carbocycles. The van der Waals surface area contributed by atoms with Crippen molar-refractivity contribution in [2.75, 3.05) is 0 Å². The first-order chi connectivity index (χ1) is 7.65. The molecule has 0 amide bonds. The SMILES string of the molecule is CCCC(=O)[O-].Oc1c[nH]c2ccccc12.[K+]. The van der Waals surface area contributed by atoms with Gasteiger partial charge in [0.2, 0.25) is 0 Å². The van der Waals surface area contributed by atoms with E-state index in [0.29, 0.717) is 12.2 Å². The molecular formula is C12H14KNO3. The minimum absolute atomic E-state index is 0. The van der Waals surface area contributed by atoms with Gasteiger partial charge in [-0.2, -0.15) is 0 Å². The maximum atomic E-state index is 9.49. The second-order valence-electron chi connectivity index (χ2n) is 3.34. The van der Waals surface area contributed by atoms with E-state index < -0.39 is 5.97 Å². The Balaban J connectivity index is 0.000000324. The molecule has 0 saturated heterocycles. The van der Waals surface area contributed by atoms with Crippen molar-refractivity contribution in [3.8, 4) is 5.75 Å². The summed E-state index contributed by atoms with van der Waals surface area (Å²) >= 11 is 0. The van der Waals surface area contributed by atoms with Gasteiger partial charge in [0.25, 0.3) is 0 Å². The molecule has 4 nitrogen and oxygen atoms in total. The van der Waals surface area contributed by atoms with Gasteiger partial charge in [0.05, 0.1) is 0 Å². The number of carbonyl (C=O) groups is 1.